The second kappa shape index (κ2) is 6.65. The largest absolute Gasteiger partial charge is 0.412 e. The molecule has 1 aliphatic heterocycles. The van der Waals surface area contributed by atoms with E-state index in [1.807, 2.05) is 6.07 Å². The molecule has 1 N–H and O–H groups in total. The first-order valence-corrected chi connectivity index (χ1v) is 11.1. The third kappa shape index (κ3) is 4.51. The second-order valence-corrected chi connectivity index (χ2v) is 12.7. The summed E-state index contributed by atoms with van der Waals surface area (Å²) in [6, 6.07) is 10.5. The van der Waals surface area contributed by atoms with Crippen LogP contribution in [0.1, 0.15) is 32.8 Å². The molecule has 4 heteroatoms. The smallest absolute Gasteiger partial charge is 0.192 e. The van der Waals surface area contributed by atoms with Gasteiger partial charge in [0.05, 0.1) is 6.10 Å². The van der Waals surface area contributed by atoms with Gasteiger partial charge in [0.1, 0.15) is 0 Å². The van der Waals surface area contributed by atoms with Crippen molar-refractivity contribution in [3.63, 3.8) is 0 Å². The third-order valence-corrected chi connectivity index (χ3v) is 9.40. The van der Waals surface area contributed by atoms with Gasteiger partial charge in [-0.2, -0.15) is 0 Å². The molecule has 0 aliphatic carbocycles. The van der Waals surface area contributed by atoms with Crippen molar-refractivity contribution >= 4 is 14.0 Å². The highest BCUT2D eigenvalue weighted by Crippen LogP contribution is 2.38. The summed E-state index contributed by atoms with van der Waals surface area (Å²) in [6.45, 7) is 14.0. The van der Waals surface area contributed by atoms with Crippen LogP contribution in [0.3, 0.4) is 0 Å². The molecule has 0 radical (unpaired) electrons. The molecule has 2 rings (SSSR count). The van der Waals surface area contributed by atoms with E-state index in [1.54, 1.807) is 0 Å². The van der Waals surface area contributed by atoms with E-state index in [2.05, 4.69) is 63.0 Å². The molecule has 1 aromatic carbocycles. The van der Waals surface area contributed by atoms with Crippen molar-refractivity contribution in [3.05, 3.63) is 35.9 Å². The van der Waals surface area contributed by atoms with E-state index in [-0.39, 0.29) is 11.1 Å². The molecule has 22 heavy (non-hydrogen) atoms. The van der Waals surface area contributed by atoms with E-state index < -0.39 is 8.32 Å². The lowest BCUT2D eigenvalue weighted by molar-refractivity contribution is 0.114. The summed E-state index contributed by atoms with van der Waals surface area (Å²) < 4.78 is 6.54. The average molecular weight is 319 g/mol. The van der Waals surface area contributed by atoms with Gasteiger partial charge in [0.2, 0.25) is 0 Å². The SMILES string of the molecule is CC(C)(C)[Si](C)(C)O[C@@H]1CC(=N)CN(Cc2ccccc2)C1. The Kier molecular flexibility index (Phi) is 5.25. The fourth-order valence-electron chi connectivity index (χ4n) is 2.66. The highest BCUT2D eigenvalue weighted by molar-refractivity contribution is 6.74. The highest BCUT2D eigenvalue weighted by Gasteiger charge is 2.40. The topological polar surface area (TPSA) is 36.3 Å². The van der Waals surface area contributed by atoms with Crippen molar-refractivity contribution in [2.24, 2.45) is 0 Å². The molecular formula is C18H30N2OSi. The first-order chi connectivity index (χ1) is 10.2. The lowest BCUT2D eigenvalue weighted by atomic mass is 10.1. The summed E-state index contributed by atoms with van der Waals surface area (Å²) in [5.74, 6) is 0. The number of rotatable bonds is 4. The number of likely N-dealkylation sites (tertiary alicyclic amines) is 1. The first-order valence-electron chi connectivity index (χ1n) is 8.18. The highest BCUT2D eigenvalue weighted by atomic mass is 28.4. The molecule has 0 amide bonds. The van der Waals surface area contributed by atoms with Crippen LogP contribution >= 0.6 is 0 Å². The van der Waals surface area contributed by atoms with Gasteiger partial charge in [-0.25, -0.2) is 0 Å². The van der Waals surface area contributed by atoms with Gasteiger partial charge in [0, 0.05) is 31.8 Å². The summed E-state index contributed by atoms with van der Waals surface area (Å²) in [4.78, 5) is 2.35. The van der Waals surface area contributed by atoms with Gasteiger partial charge in [0.25, 0.3) is 0 Å². The zero-order chi connectivity index (χ0) is 16.4. The summed E-state index contributed by atoms with van der Waals surface area (Å²) >= 11 is 0. The van der Waals surface area contributed by atoms with E-state index in [0.29, 0.717) is 0 Å². The van der Waals surface area contributed by atoms with Crippen molar-refractivity contribution in [3.8, 4) is 0 Å². The van der Waals surface area contributed by atoms with Crippen molar-refractivity contribution in [2.75, 3.05) is 13.1 Å². The summed E-state index contributed by atoms with van der Waals surface area (Å²) in [5.41, 5.74) is 2.11. The van der Waals surface area contributed by atoms with Crippen LogP contribution < -0.4 is 0 Å². The summed E-state index contributed by atoms with van der Waals surface area (Å²) in [6.07, 6.45) is 0.962. The van der Waals surface area contributed by atoms with Gasteiger partial charge in [0.15, 0.2) is 8.32 Å². The average Bonchev–Trinajstić information content (AvgIpc) is 2.37. The van der Waals surface area contributed by atoms with Crippen LogP contribution in [0, 0.1) is 5.41 Å². The predicted octanol–water partition coefficient (Wildman–Crippen LogP) is 4.30. The van der Waals surface area contributed by atoms with Gasteiger partial charge >= 0.3 is 0 Å². The van der Waals surface area contributed by atoms with E-state index in [0.717, 1.165) is 31.8 Å². The molecule has 3 nitrogen and oxygen atoms in total. The van der Waals surface area contributed by atoms with Crippen LogP contribution in [0.15, 0.2) is 30.3 Å². The quantitative estimate of drug-likeness (QED) is 0.840. The third-order valence-electron chi connectivity index (χ3n) is 4.87. The number of nitrogens with zero attached hydrogens (tertiary/aromatic N) is 1. The Bertz CT molecular complexity index is 508. The Labute approximate surface area is 136 Å². The maximum Gasteiger partial charge on any atom is 0.192 e. The van der Waals surface area contributed by atoms with Crippen molar-refractivity contribution in [1.29, 1.82) is 5.41 Å². The van der Waals surface area contributed by atoms with Crippen molar-refractivity contribution in [1.82, 2.24) is 4.90 Å². The zero-order valence-corrected chi connectivity index (χ0v) is 15.6. The minimum Gasteiger partial charge on any atom is -0.412 e. The summed E-state index contributed by atoms with van der Waals surface area (Å²) in [5, 5.41) is 8.39. The molecule has 1 saturated heterocycles. The standard InChI is InChI=1S/C18H30N2OSi/c1-18(2,3)22(4,5)21-17-11-16(19)13-20(14-17)12-15-9-7-6-8-10-15/h6-10,17,19H,11-14H2,1-5H3/t17-/m1/s1. The Morgan fingerprint density at radius 2 is 1.86 bits per heavy atom. The molecule has 1 aromatic rings. The van der Waals surface area contributed by atoms with Gasteiger partial charge in [-0.15, -0.1) is 0 Å². The molecule has 1 heterocycles. The number of benzene rings is 1. The summed E-state index contributed by atoms with van der Waals surface area (Å²) in [7, 11) is -1.77. The normalized spacial score (nSPS) is 21.1. The maximum absolute atomic E-state index is 8.17. The van der Waals surface area contributed by atoms with Crippen LogP contribution in [0.5, 0.6) is 0 Å². The van der Waals surface area contributed by atoms with E-state index in [1.165, 1.54) is 5.56 Å². The maximum atomic E-state index is 8.17. The van der Waals surface area contributed by atoms with E-state index in [4.69, 9.17) is 9.84 Å². The van der Waals surface area contributed by atoms with E-state index >= 15 is 0 Å². The van der Waals surface area contributed by atoms with Crippen molar-refractivity contribution in [2.45, 2.75) is 58.0 Å². The van der Waals surface area contributed by atoms with Crippen LogP contribution in [0.25, 0.3) is 0 Å². The minimum atomic E-state index is -1.77. The van der Waals surface area contributed by atoms with Gasteiger partial charge in [-0.1, -0.05) is 51.1 Å². The molecular weight excluding hydrogens is 288 g/mol. The number of hydrogen-bond donors (Lipinski definition) is 1. The molecule has 0 bridgehead atoms. The van der Waals surface area contributed by atoms with Gasteiger partial charge in [-0.05, 0) is 23.7 Å². The molecule has 0 spiro atoms. The van der Waals surface area contributed by atoms with Gasteiger partial charge < -0.3 is 9.84 Å². The van der Waals surface area contributed by atoms with Crippen LogP contribution in [-0.4, -0.2) is 38.1 Å². The van der Waals surface area contributed by atoms with Gasteiger partial charge in [-0.3, -0.25) is 4.90 Å². The molecule has 1 fully saturated rings. The minimum absolute atomic E-state index is 0.172. The molecule has 0 saturated carbocycles. The fraction of sp³-hybridized carbons (Fsp3) is 0.611. The molecule has 122 valence electrons. The number of piperidine rings is 1. The number of hydrogen-bond acceptors (Lipinski definition) is 3. The molecule has 1 atom stereocenters. The zero-order valence-electron chi connectivity index (χ0n) is 14.6. The Morgan fingerprint density at radius 1 is 1.23 bits per heavy atom. The fourth-order valence-corrected chi connectivity index (χ4v) is 4.01. The molecule has 0 unspecified atom stereocenters. The second-order valence-electron chi connectivity index (χ2n) is 7.96. The lowest BCUT2D eigenvalue weighted by Gasteiger charge is -2.42. The Hall–Kier alpha value is -0.973. The van der Waals surface area contributed by atoms with Crippen LogP contribution in [0.4, 0.5) is 0 Å². The Morgan fingerprint density at radius 3 is 2.45 bits per heavy atom. The Balaban J connectivity index is 2.01. The molecule has 1 aliphatic rings. The first kappa shape index (κ1) is 17.4. The lowest BCUT2D eigenvalue weighted by Crippen LogP contribution is -2.51. The monoisotopic (exact) mass is 318 g/mol. The van der Waals surface area contributed by atoms with E-state index in [9.17, 15) is 0 Å². The van der Waals surface area contributed by atoms with Crippen LogP contribution in [0.2, 0.25) is 18.1 Å². The van der Waals surface area contributed by atoms with Crippen LogP contribution in [-0.2, 0) is 11.0 Å². The van der Waals surface area contributed by atoms with Crippen molar-refractivity contribution < 1.29 is 4.43 Å². The molecule has 0 aromatic heterocycles. The predicted molar refractivity (Wildman–Crippen MR) is 96.1 cm³/mol. The number of nitrogens with one attached hydrogen (secondary N) is 1.